The van der Waals surface area contributed by atoms with Gasteiger partial charge in [-0.15, -0.1) is 0 Å². The lowest BCUT2D eigenvalue weighted by Crippen LogP contribution is -2.49. The maximum absolute atomic E-state index is 13.3. The Morgan fingerprint density at radius 3 is 2.79 bits per heavy atom. The van der Waals surface area contributed by atoms with Crippen LogP contribution in [0.2, 0.25) is 0 Å². The first kappa shape index (κ1) is 22.9. The number of hydrogen-bond acceptors (Lipinski definition) is 3. The van der Waals surface area contributed by atoms with E-state index < -0.39 is 5.82 Å². The standard InChI is InChI=1S/C25H32FN5O2/c26-21-9-3-10-22(16-21)29-24(32)28-17-19-6-4-14-31(18-19)25(33)27-12-15-30-13-5-8-20-7-1-2-11-23(20)30/h1-3,7,9-11,16,19H,4-6,8,12-15,17-18H2,(H,27,33)(H2,28,29,32). The molecule has 0 bridgehead atoms. The van der Waals surface area contributed by atoms with Gasteiger partial charge < -0.3 is 25.8 Å². The number of aryl methyl sites for hydroxylation is 1. The first-order chi connectivity index (χ1) is 16.1. The van der Waals surface area contributed by atoms with Crippen LogP contribution in [0.4, 0.5) is 25.4 Å². The van der Waals surface area contributed by atoms with Gasteiger partial charge in [0.25, 0.3) is 0 Å². The number of hydrogen-bond donors (Lipinski definition) is 3. The lowest BCUT2D eigenvalue weighted by molar-refractivity contribution is 0.165. The van der Waals surface area contributed by atoms with Crippen LogP contribution < -0.4 is 20.9 Å². The summed E-state index contributed by atoms with van der Waals surface area (Å²) in [6.07, 6.45) is 4.11. The van der Waals surface area contributed by atoms with E-state index in [1.807, 2.05) is 4.90 Å². The number of carbonyl (C=O) groups excluding carboxylic acids is 2. The van der Waals surface area contributed by atoms with Gasteiger partial charge in [-0.25, -0.2) is 14.0 Å². The fourth-order valence-electron chi connectivity index (χ4n) is 4.65. The summed E-state index contributed by atoms with van der Waals surface area (Å²) in [6.45, 7) is 4.21. The Morgan fingerprint density at radius 2 is 1.91 bits per heavy atom. The highest BCUT2D eigenvalue weighted by Gasteiger charge is 2.24. The number of nitrogens with one attached hydrogen (secondary N) is 3. The molecule has 0 radical (unpaired) electrons. The largest absolute Gasteiger partial charge is 0.370 e. The average molecular weight is 454 g/mol. The van der Waals surface area contributed by atoms with E-state index in [-0.39, 0.29) is 18.0 Å². The highest BCUT2D eigenvalue weighted by molar-refractivity contribution is 5.89. The van der Waals surface area contributed by atoms with Gasteiger partial charge in [-0.05, 0) is 61.4 Å². The number of anilines is 2. The van der Waals surface area contributed by atoms with Crippen molar-refractivity contribution in [3.05, 3.63) is 59.9 Å². The molecule has 2 aromatic rings. The lowest BCUT2D eigenvalue weighted by Gasteiger charge is -2.34. The number of nitrogens with zero attached hydrogens (tertiary/aromatic N) is 2. The second-order valence-corrected chi connectivity index (χ2v) is 8.75. The number of piperidine rings is 1. The van der Waals surface area contributed by atoms with E-state index in [4.69, 9.17) is 0 Å². The van der Waals surface area contributed by atoms with E-state index in [9.17, 15) is 14.0 Å². The van der Waals surface area contributed by atoms with Crippen molar-refractivity contribution in [3.8, 4) is 0 Å². The Hall–Kier alpha value is -3.29. The van der Waals surface area contributed by atoms with Gasteiger partial charge in [0.05, 0.1) is 0 Å². The third-order valence-corrected chi connectivity index (χ3v) is 6.30. The summed E-state index contributed by atoms with van der Waals surface area (Å²) in [5.74, 6) is -0.206. The van der Waals surface area contributed by atoms with Gasteiger partial charge in [0, 0.05) is 50.6 Å². The number of fused-ring (bicyclic) bond motifs is 1. The molecule has 0 saturated carbocycles. The number of amides is 4. The van der Waals surface area contributed by atoms with Gasteiger partial charge in [0.15, 0.2) is 0 Å². The number of rotatable bonds is 6. The molecule has 2 aliphatic rings. The van der Waals surface area contributed by atoms with Crippen molar-refractivity contribution in [3.63, 3.8) is 0 Å². The molecule has 4 rings (SSSR count). The zero-order valence-electron chi connectivity index (χ0n) is 18.9. The summed E-state index contributed by atoms with van der Waals surface area (Å²) < 4.78 is 13.3. The summed E-state index contributed by atoms with van der Waals surface area (Å²) in [6, 6.07) is 13.9. The van der Waals surface area contributed by atoms with Crippen molar-refractivity contribution in [1.29, 1.82) is 0 Å². The average Bonchev–Trinajstić information content (AvgIpc) is 2.83. The van der Waals surface area contributed by atoms with Gasteiger partial charge in [-0.1, -0.05) is 24.3 Å². The molecule has 176 valence electrons. The van der Waals surface area contributed by atoms with Crippen molar-refractivity contribution in [1.82, 2.24) is 15.5 Å². The minimum atomic E-state index is -0.397. The normalized spacial score (nSPS) is 17.8. The fraction of sp³-hybridized carbons (Fsp3) is 0.440. The molecule has 7 nitrogen and oxygen atoms in total. The van der Waals surface area contributed by atoms with Crippen LogP contribution in [-0.2, 0) is 6.42 Å². The fourth-order valence-corrected chi connectivity index (χ4v) is 4.65. The number of likely N-dealkylation sites (tertiary alicyclic amines) is 1. The molecule has 0 aromatic heterocycles. The van der Waals surface area contributed by atoms with Crippen LogP contribution in [0.1, 0.15) is 24.8 Å². The van der Waals surface area contributed by atoms with E-state index in [0.717, 1.165) is 45.3 Å². The van der Waals surface area contributed by atoms with E-state index in [2.05, 4.69) is 45.1 Å². The van der Waals surface area contributed by atoms with Crippen LogP contribution in [0.5, 0.6) is 0 Å². The predicted octanol–water partition coefficient (Wildman–Crippen LogP) is 3.82. The maximum Gasteiger partial charge on any atom is 0.319 e. The molecule has 0 spiro atoms. The van der Waals surface area contributed by atoms with Gasteiger partial charge in [-0.3, -0.25) is 0 Å². The molecule has 0 aliphatic carbocycles. The third-order valence-electron chi connectivity index (χ3n) is 6.30. The summed E-state index contributed by atoms with van der Waals surface area (Å²) in [5.41, 5.74) is 3.06. The molecule has 3 N–H and O–H groups in total. The Morgan fingerprint density at radius 1 is 1.03 bits per heavy atom. The zero-order valence-corrected chi connectivity index (χ0v) is 18.9. The molecule has 8 heteroatoms. The van der Waals surface area contributed by atoms with Gasteiger partial charge >= 0.3 is 12.1 Å². The molecule has 2 heterocycles. The first-order valence-corrected chi connectivity index (χ1v) is 11.7. The van der Waals surface area contributed by atoms with Crippen LogP contribution in [0, 0.1) is 11.7 Å². The number of urea groups is 2. The monoisotopic (exact) mass is 453 g/mol. The predicted molar refractivity (Wildman–Crippen MR) is 128 cm³/mol. The molecular formula is C25H32FN5O2. The van der Waals surface area contributed by atoms with E-state index in [1.54, 1.807) is 12.1 Å². The van der Waals surface area contributed by atoms with Gasteiger partial charge in [-0.2, -0.15) is 0 Å². The van der Waals surface area contributed by atoms with Gasteiger partial charge in [0.2, 0.25) is 0 Å². The SMILES string of the molecule is O=C(NCC1CCCN(C(=O)NCCN2CCCc3ccccc32)C1)Nc1cccc(F)c1. The third kappa shape index (κ3) is 6.37. The second-order valence-electron chi connectivity index (χ2n) is 8.75. The maximum atomic E-state index is 13.3. The molecule has 2 aliphatic heterocycles. The number of halogens is 1. The van der Waals surface area contributed by atoms with Crippen molar-refractivity contribution in [2.24, 2.45) is 5.92 Å². The Balaban J connectivity index is 1.18. The minimum Gasteiger partial charge on any atom is -0.370 e. The van der Waals surface area contributed by atoms with Crippen molar-refractivity contribution < 1.29 is 14.0 Å². The minimum absolute atomic E-state index is 0.0470. The molecule has 4 amide bonds. The highest BCUT2D eigenvalue weighted by atomic mass is 19.1. The van der Waals surface area contributed by atoms with Crippen molar-refractivity contribution in [2.75, 3.05) is 49.5 Å². The summed E-state index contributed by atoms with van der Waals surface area (Å²) >= 11 is 0. The summed E-state index contributed by atoms with van der Waals surface area (Å²) in [4.78, 5) is 29.0. The quantitative estimate of drug-likeness (QED) is 0.622. The first-order valence-electron chi connectivity index (χ1n) is 11.7. The molecule has 1 unspecified atom stereocenters. The topological polar surface area (TPSA) is 76.7 Å². The van der Waals surface area contributed by atoms with Crippen LogP contribution in [0.25, 0.3) is 0 Å². The van der Waals surface area contributed by atoms with E-state index in [1.165, 1.54) is 23.4 Å². The highest BCUT2D eigenvalue weighted by Crippen LogP contribution is 2.26. The summed E-state index contributed by atoms with van der Waals surface area (Å²) in [7, 11) is 0. The number of carbonyl (C=O) groups is 2. The van der Waals surface area contributed by atoms with Crippen LogP contribution >= 0.6 is 0 Å². The zero-order chi connectivity index (χ0) is 23.0. The van der Waals surface area contributed by atoms with Crippen LogP contribution in [0.15, 0.2) is 48.5 Å². The molecule has 1 atom stereocenters. The molecule has 2 aromatic carbocycles. The lowest BCUT2D eigenvalue weighted by atomic mass is 9.98. The van der Waals surface area contributed by atoms with Gasteiger partial charge in [0.1, 0.15) is 5.82 Å². The molecular weight excluding hydrogens is 421 g/mol. The molecule has 1 saturated heterocycles. The van der Waals surface area contributed by atoms with Crippen molar-refractivity contribution >= 4 is 23.4 Å². The Bertz CT molecular complexity index is 969. The number of para-hydroxylation sites is 1. The van der Waals surface area contributed by atoms with E-state index in [0.29, 0.717) is 25.3 Å². The van der Waals surface area contributed by atoms with Crippen LogP contribution in [-0.4, -0.2) is 56.2 Å². The Labute approximate surface area is 194 Å². The van der Waals surface area contributed by atoms with E-state index >= 15 is 0 Å². The molecule has 33 heavy (non-hydrogen) atoms. The Kier molecular flexibility index (Phi) is 7.65. The van der Waals surface area contributed by atoms with Crippen LogP contribution in [0.3, 0.4) is 0 Å². The molecule has 1 fully saturated rings. The second kappa shape index (κ2) is 11.0. The smallest absolute Gasteiger partial charge is 0.319 e. The van der Waals surface area contributed by atoms with Crippen molar-refractivity contribution in [2.45, 2.75) is 25.7 Å². The number of benzene rings is 2. The summed E-state index contributed by atoms with van der Waals surface area (Å²) in [5, 5.41) is 8.54.